The van der Waals surface area contributed by atoms with Gasteiger partial charge in [0.05, 0.1) is 0 Å². The van der Waals surface area contributed by atoms with Gasteiger partial charge in [-0.05, 0) is 18.4 Å². The molecule has 0 aromatic carbocycles. The number of thioether (sulfide) groups is 1. The molecule has 0 aliphatic carbocycles. The number of hydrogen-bond acceptors (Lipinski definition) is 2. The molecule has 0 spiro atoms. The molecule has 0 amide bonds. The molecule has 0 aromatic rings. The standard InChI is InChI=1S/C7H15OS.Li/c1-3-5-8-6-4-7-9-2;/h6H,3-5,7H2,1-2H3;/q-1;+1. The molecule has 0 bridgehead atoms. The largest absolute Gasteiger partial charge is 1.00 e. The van der Waals surface area contributed by atoms with Gasteiger partial charge in [0.25, 0.3) is 0 Å². The van der Waals surface area contributed by atoms with Gasteiger partial charge in [0.2, 0.25) is 0 Å². The van der Waals surface area contributed by atoms with E-state index in [1.54, 1.807) is 0 Å². The second-order valence-corrected chi connectivity index (χ2v) is 2.80. The fourth-order valence-corrected chi connectivity index (χ4v) is 0.782. The maximum Gasteiger partial charge on any atom is 1.00 e. The van der Waals surface area contributed by atoms with Crippen molar-refractivity contribution in [2.75, 3.05) is 18.6 Å². The quantitative estimate of drug-likeness (QED) is 0.285. The molecule has 0 fully saturated rings. The van der Waals surface area contributed by atoms with E-state index in [9.17, 15) is 0 Å². The third kappa shape index (κ3) is 11.7. The van der Waals surface area contributed by atoms with Crippen LogP contribution >= 0.6 is 11.8 Å². The predicted octanol–water partition coefficient (Wildman–Crippen LogP) is -0.668. The van der Waals surface area contributed by atoms with Crippen LogP contribution in [0.2, 0.25) is 0 Å². The van der Waals surface area contributed by atoms with Gasteiger partial charge < -0.3 is 4.74 Å². The summed E-state index contributed by atoms with van der Waals surface area (Å²) in [6, 6.07) is 0. The Morgan fingerprint density at radius 1 is 1.50 bits per heavy atom. The Morgan fingerprint density at radius 3 is 2.70 bits per heavy atom. The van der Waals surface area contributed by atoms with Crippen molar-refractivity contribution in [2.45, 2.75) is 19.8 Å². The van der Waals surface area contributed by atoms with Crippen LogP contribution in [0.4, 0.5) is 0 Å². The van der Waals surface area contributed by atoms with E-state index in [1.807, 2.05) is 18.4 Å². The zero-order valence-electron chi connectivity index (χ0n) is 7.22. The molecule has 0 N–H and O–H groups in total. The molecule has 0 unspecified atom stereocenters. The number of ether oxygens (including phenoxy) is 1. The second-order valence-electron chi connectivity index (χ2n) is 1.82. The van der Waals surface area contributed by atoms with E-state index in [0.717, 1.165) is 19.4 Å². The first kappa shape index (κ1) is 13.5. The van der Waals surface area contributed by atoms with Gasteiger partial charge in [-0.1, -0.05) is 6.92 Å². The van der Waals surface area contributed by atoms with Crippen molar-refractivity contribution >= 4 is 11.8 Å². The van der Waals surface area contributed by atoms with Gasteiger partial charge in [0.1, 0.15) is 0 Å². The topological polar surface area (TPSA) is 9.23 Å². The maximum absolute atomic E-state index is 5.15. The zero-order chi connectivity index (χ0) is 6.95. The van der Waals surface area contributed by atoms with Crippen LogP contribution in [-0.2, 0) is 4.74 Å². The first-order chi connectivity index (χ1) is 4.41. The maximum atomic E-state index is 5.15. The van der Waals surface area contributed by atoms with Crippen molar-refractivity contribution in [3.8, 4) is 0 Å². The van der Waals surface area contributed by atoms with E-state index in [2.05, 4.69) is 13.2 Å². The van der Waals surface area contributed by atoms with Gasteiger partial charge in [-0.2, -0.15) is 11.8 Å². The molecule has 0 heterocycles. The SMILES string of the molecule is CCCO[CH-]CCSC.[Li+]. The van der Waals surface area contributed by atoms with E-state index in [0.29, 0.717) is 0 Å². The third-order valence-corrected chi connectivity index (χ3v) is 1.52. The molecule has 3 heteroatoms. The number of rotatable bonds is 6. The Bertz CT molecular complexity index is 46.9. The molecular formula is C7H15LiOS. The van der Waals surface area contributed by atoms with E-state index in [1.165, 1.54) is 5.75 Å². The Balaban J connectivity index is 0. The summed E-state index contributed by atoms with van der Waals surface area (Å²) in [4.78, 5) is 0. The van der Waals surface area contributed by atoms with Crippen molar-refractivity contribution in [1.82, 2.24) is 0 Å². The van der Waals surface area contributed by atoms with E-state index in [4.69, 9.17) is 4.74 Å². The molecule has 0 saturated heterocycles. The molecule has 0 saturated carbocycles. The van der Waals surface area contributed by atoms with E-state index in [-0.39, 0.29) is 18.9 Å². The van der Waals surface area contributed by atoms with Crippen LogP contribution < -0.4 is 18.9 Å². The van der Waals surface area contributed by atoms with Crippen LogP contribution in [-0.4, -0.2) is 18.6 Å². The predicted molar refractivity (Wildman–Crippen MR) is 43.5 cm³/mol. The minimum absolute atomic E-state index is 0. The van der Waals surface area contributed by atoms with Crippen molar-refractivity contribution in [2.24, 2.45) is 0 Å². The molecule has 0 aliphatic rings. The normalized spacial score (nSPS) is 9.00. The van der Waals surface area contributed by atoms with Crippen molar-refractivity contribution in [3.63, 3.8) is 0 Å². The van der Waals surface area contributed by atoms with Crippen LogP contribution in [0, 0.1) is 6.61 Å². The molecule has 10 heavy (non-hydrogen) atoms. The smallest absolute Gasteiger partial charge is 0.552 e. The van der Waals surface area contributed by atoms with Gasteiger partial charge in [-0.15, -0.1) is 6.42 Å². The third-order valence-electron chi connectivity index (χ3n) is 0.880. The summed E-state index contributed by atoms with van der Waals surface area (Å²) in [5, 5.41) is 0. The average Bonchev–Trinajstić information content (AvgIpc) is 1.89. The molecule has 0 aliphatic heterocycles. The van der Waals surface area contributed by atoms with Gasteiger partial charge in [0, 0.05) is 6.61 Å². The first-order valence-corrected chi connectivity index (χ1v) is 4.73. The summed E-state index contributed by atoms with van der Waals surface area (Å²) in [5.41, 5.74) is 0. The Morgan fingerprint density at radius 2 is 2.20 bits per heavy atom. The molecule has 56 valence electrons. The van der Waals surface area contributed by atoms with Crippen LogP contribution in [0.3, 0.4) is 0 Å². The number of hydrogen-bond donors (Lipinski definition) is 0. The minimum Gasteiger partial charge on any atom is -0.552 e. The zero-order valence-corrected chi connectivity index (χ0v) is 8.04. The summed E-state index contributed by atoms with van der Waals surface area (Å²) >= 11 is 1.85. The Hall–Kier alpha value is 0.907. The second kappa shape index (κ2) is 12.6. The first-order valence-electron chi connectivity index (χ1n) is 3.34. The summed E-state index contributed by atoms with van der Waals surface area (Å²) < 4.78 is 5.15. The molecular weight excluding hydrogens is 139 g/mol. The summed E-state index contributed by atoms with van der Waals surface area (Å²) in [6.45, 7) is 4.89. The van der Waals surface area contributed by atoms with Crippen LogP contribution in [0.25, 0.3) is 0 Å². The van der Waals surface area contributed by atoms with Gasteiger partial charge in [-0.3, -0.25) is 0 Å². The van der Waals surface area contributed by atoms with Gasteiger partial charge >= 0.3 is 18.9 Å². The summed E-state index contributed by atoms with van der Waals surface area (Å²) in [6.07, 6.45) is 4.28. The van der Waals surface area contributed by atoms with Crippen LogP contribution in [0.15, 0.2) is 0 Å². The molecule has 0 radical (unpaired) electrons. The van der Waals surface area contributed by atoms with Crippen molar-refractivity contribution < 1.29 is 23.6 Å². The van der Waals surface area contributed by atoms with Crippen LogP contribution in [0.5, 0.6) is 0 Å². The fourth-order valence-electron chi connectivity index (χ4n) is 0.450. The van der Waals surface area contributed by atoms with Crippen molar-refractivity contribution in [3.05, 3.63) is 6.61 Å². The van der Waals surface area contributed by atoms with Gasteiger partial charge in [0.15, 0.2) is 0 Å². The molecule has 0 aromatic heterocycles. The monoisotopic (exact) mass is 154 g/mol. The van der Waals surface area contributed by atoms with Crippen molar-refractivity contribution in [1.29, 1.82) is 0 Å². The molecule has 0 atom stereocenters. The average molecular weight is 154 g/mol. The van der Waals surface area contributed by atoms with Crippen LogP contribution in [0.1, 0.15) is 19.8 Å². The Kier molecular flexibility index (Phi) is 17.0. The summed E-state index contributed by atoms with van der Waals surface area (Å²) in [5.74, 6) is 1.17. The minimum atomic E-state index is 0. The molecule has 0 rings (SSSR count). The fraction of sp³-hybridized carbons (Fsp3) is 0.857. The summed E-state index contributed by atoms with van der Waals surface area (Å²) in [7, 11) is 0. The molecule has 1 nitrogen and oxygen atoms in total. The van der Waals surface area contributed by atoms with Gasteiger partial charge in [-0.25, -0.2) is 6.61 Å². The Labute approximate surface area is 80.5 Å². The van der Waals surface area contributed by atoms with E-state index < -0.39 is 0 Å². The van der Waals surface area contributed by atoms with E-state index >= 15 is 0 Å².